The fourth-order valence-electron chi connectivity index (χ4n) is 1.83. The number of anilines is 2. The van der Waals surface area contributed by atoms with Gasteiger partial charge in [0.15, 0.2) is 0 Å². The van der Waals surface area contributed by atoms with Gasteiger partial charge in [-0.3, -0.25) is 0 Å². The van der Waals surface area contributed by atoms with Crippen molar-refractivity contribution in [3.63, 3.8) is 0 Å². The van der Waals surface area contributed by atoms with Gasteiger partial charge in [-0.15, -0.1) is 0 Å². The van der Waals surface area contributed by atoms with Gasteiger partial charge in [0.1, 0.15) is 17.5 Å². The van der Waals surface area contributed by atoms with Crippen LogP contribution in [-0.2, 0) is 11.2 Å². The molecule has 18 heavy (non-hydrogen) atoms. The molecule has 1 aromatic rings. The predicted octanol–water partition coefficient (Wildman–Crippen LogP) is 1.79. The fraction of sp³-hybridized carbons (Fsp3) is 0.692. The Kier molecular flexibility index (Phi) is 5.85. The molecule has 0 aliphatic carbocycles. The molecule has 102 valence electrons. The highest BCUT2D eigenvalue weighted by Gasteiger charge is 2.12. The summed E-state index contributed by atoms with van der Waals surface area (Å²) in [7, 11) is 3.74. The molecule has 0 radical (unpaired) electrons. The molecular weight excluding hydrogens is 228 g/mol. The van der Waals surface area contributed by atoms with Crippen LogP contribution in [0.25, 0.3) is 0 Å². The molecule has 0 atom stereocenters. The number of hydrogen-bond acceptors (Lipinski definition) is 5. The number of aromatic nitrogens is 2. The fourth-order valence-corrected chi connectivity index (χ4v) is 1.83. The van der Waals surface area contributed by atoms with Crippen LogP contribution in [0.2, 0.25) is 0 Å². The van der Waals surface area contributed by atoms with Crippen molar-refractivity contribution >= 4 is 11.6 Å². The molecule has 0 bridgehead atoms. The lowest BCUT2D eigenvalue weighted by Gasteiger charge is -2.21. The van der Waals surface area contributed by atoms with Crippen molar-refractivity contribution in [2.45, 2.75) is 33.1 Å². The van der Waals surface area contributed by atoms with Gasteiger partial charge < -0.3 is 15.4 Å². The van der Waals surface area contributed by atoms with Crippen molar-refractivity contribution in [2.24, 2.45) is 0 Å². The van der Waals surface area contributed by atoms with Crippen LogP contribution < -0.4 is 10.6 Å². The monoisotopic (exact) mass is 252 g/mol. The maximum Gasteiger partial charge on any atom is 0.137 e. The molecule has 0 saturated heterocycles. The Labute approximate surface area is 109 Å². The topological polar surface area (TPSA) is 64.3 Å². The zero-order valence-electron chi connectivity index (χ0n) is 11.9. The van der Waals surface area contributed by atoms with E-state index >= 15 is 0 Å². The quantitative estimate of drug-likeness (QED) is 0.750. The largest absolute Gasteiger partial charge is 0.385 e. The normalized spacial score (nSPS) is 10.7. The van der Waals surface area contributed by atoms with Crippen LogP contribution in [0.5, 0.6) is 0 Å². The Morgan fingerprint density at radius 2 is 2.06 bits per heavy atom. The van der Waals surface area contributed by atoms with Gasteiger partial charge >= 0.3 is 0 Å². The Morgan fingerprint density at radius 3 is 2.67 bits per heavy atom. The van der Waals surface area contributed by atoms with Crippen molar-refractivity contribution < 1.29 is 4.74 Å². The van der Waals surface area contributed by atoms with Crippen LogP contribution in [0.1, 0.15) is 31.2 Å². The van der Waals surface area contributed by atoms with Crippen molar-refractivity contribution in [2.75, 3.05) is 37.9 Å². The molecular formula is C13H24N4O. The lowest BCUT2D eigenvalue weighted by atomic mass is 10.2. The second-order valence-corrected chi connectivity index (χ2v) is 4.49. The van der Waals surface area contributed by atoms with E-state index in [0.717, 1.165) is 49.6 Å². The highest BCUT2D eigenvalue weighted by atomic mass is 16.5. The van der Waals surface area contributed by atoms with Gasteiger partial charge in [-0.05, 0) is 19.8 Å². The number of nitrogens with two attached hydrogens (primary N) is 1. The molecule has 0 aliphatic rings. The van der Waals surface area contributed by atoms with Crippen LogP contribution in [-0.4, -0.2) is 37.3 Å². The zero-order valence-corrected chi connectivity index (χ0v) is 11.9. The van der Waals surface area contributed by atoms with Crippen molar-refractivity contribution in [1.29, 1.82) is 0 Å². The summed E-state index contributed by atoms with van der Waals surface area (Å²) in [5.41, 5.74) is 6.90. The smallest absolute Gasteiger partial charge is 0.137 e. The van der Waals surface area contributed by atoms with E-state index in [9.17, 15) is 0 Å². The lowest BCUT2D eigenvalue weighted by Crippen LogP contribution is -2.23. The van der Waals surface area contributed by atoms with Gasteiger partial charge in [0, 0.05) is 39.3 Å². The van der Waals surface area contributed by atoms with Gasteiger partial charge in [0.2, 0.25) is 0 Å². The first-order valence-corrected chi connectivity index (χ1v) is 6.43. The molecule has 1 rings (SSSR count). The van der Waals surface area contributed by atoms with E-state index in [0.29, 0.717) is 5.82 Å². The average Bonchev–Trinajstić information content (AvgIpc) is 2.34. The number of nitrogen functional groups attached to an aromatic ring is 1. The highest BCUT2D eigenvalue weighted by molar-refractivity contribution is 5.56. The van der Waals surface area contributed by atoms with Crippen LogP contribution >= 0.6 is 0 Å². The third-order valence-corrected chi connectivity index (χ3v) is 2.88. The SMILES string of the molecule is CCCc1nc(N)c(C)c(N(C)CCCOC)n1. The van der Waals surface area contributed by atoms with Crippen LogP contribution in [0.15, 0.2) is 0 Å². The summed E-state index contributed by atoms with van der Waals surface area (Å²) in [6.45, 7) is 5.73. The summed E-state index contributed by atoms with van der Waals surface area (Å²) in [5, 5.41) is 0. The molecule has 1 aromatic heterocycles. The Balaban J connectivity index is 2.84. The molecule has 0 aromatic carbocycles. The number of rotatable bonds is 7. The van der Waals surface area contributed by atoms with Crippen molar-refractivity contribution in [3.05, 3.63) is 11.4 Å². The first-order chi connectivity index (χ1) is 8.60. The van der Waals surface area contributed by atoms with E-state index in [4.69, 9.17) is 10.5 Å². The van der Waals surface area contributed by atoms with E-state index in [-0.39, 0.29) is 0 Å². The van der Waals surface area contributed by atoms with E-state index in [1.807, 2.05) is 14.0 Å². The first-order valence-electron chi connectivity index (χ1n) is 6.43. The molecule has 5 heteroatoms. The third-order valence-electron chi connectivity index (χ3n) is 2.88. The minimum Gasteiger partial charge on any atom is -0.385 e. The zero-order chi connectivity index (χ0) is 13.5. The van der Waals surface area contributed by atoms with Gasteiger partial charge in [-0.25, -0.2) is 9.97 Å². The minimum absolute atomic E-state index is 0.585. The Morgan fingerprint density at radius 1 is 1.33 bits per heavy atom. The second kappa shape index (κ2) is 7.16. The van der Waals surface area contributed by atoms with Crippen LogP contribution in [0, 0.1) is 6.92 Å². The summed E-state index contributed by atoms with van der Waals surface area (Å²) in [6.07, 6.45) is 2.86. The lowest BCUT2D eigenvalue weighted by molar-refractivity contribution is 0.196. The molecule has 5 nitrogen and oxygen atoms in total. The summed E-state index contributed by atoms with van der Waals surface area (Å²) in [6, 6.07) is 0. The Hall–Kier alpha value is -1.36. The standard InChI is InChI=1S/C13H24N4O/c1-5-7-11-15-12(14)10(2)13(16-11)17(3)8-6-9-18-4/h5-9H2,1-4H3,(H2,14,15,16). The first kappa shape index (κ1) is 14.7. The summed E-state index contributed by atoms with van der Waals surface area (Å²) in [4.78, 5) is 11.0. The molecule has 0 saturated carbocycles. The summed E-state index contributed by atoms with van der Waals surface area (Å²) in [5.74, 6) is 2.35. The van der Waals surface area contributed by atoms with E-state index in [1.54, 1.807) is 7.11 Å². The van der Waals surface area contributed by atoms with E-state index in [2.05, 4.69) is 21.8 Å². The van der Waals surface area contributed by atoms with Gasteiger partial charge in [-0.2, -0.15) is 0 Å². The van der Waals surface area contributed by atoms with Crippen molar-refractivity contribution in [3.8, 4) is 0 Å². The second-order valence-electron chi connectivity index (χ2n) is 4.49. The highest BCUT2D eigenvalue weighted by Crippen LogP contribution is 2.21. The number of aryl methyl sites for hydroxylation is 1. The van der Waals surface area contributed by atoms with Gasteiger partial charge in [0.25, 0.3) is 0 Å². The molecule has 2 N–H and O–H groups in total. The Bertz CT molecular complexity index is 381. The minimum atomic E-state index is 0.585. The molecule has 0 fully saturated rings. The van der Waals surface area contributed by atoms with Gasteiger partial charge in [0.05, 0.1) is 0 Å². The van der Waals surface area contributed by atoms with Crippen molar-refractivity contribution in [1.82, 2.24) is 9.97 Å². The molecule has 0 unspecified atom stereocenters. The van der Waals surface area contributed by atoms with Crippen LogP contribution in [0.3, 0.4) is 0 Å². The van der Waals surface area contributed by atoms with E-state index in [1.165, 1.54) is 0 Å². The molecule has 0 aliphatic heterocycles. The number of nitrogens with zero attached hydrogens (tertiary/aromatic N) is 3. The van der Waals surface area contributed by atoms with Gasteiger partial charge in [-0.1, -0.05) is 6.92 Å². The summed E-state index contributed by atoms with van der Waals surface area (Å²) >= 11 is 0. The maximum atomic E-state index is 5.94. The third kappa shape index (κ3) is 3.84. The molecule has 0 amide bonds. The predicted molar refractivity (Wildman–Crippen MR) is 74.9 cm³/mol. The average molecular weight is 252 g/mol. The molecule has 0 spiro atoms. The number of ether oxygens (including phenoxy) is 1. The summed E-state index contributed by atoms with van der Waals surface area (Å²) < 4.78 is 5.06. The van der Waals surface area contributed by atoms with E-state index < -0.39 is 0 Å². The molecule has 1 heterocycles. The number of methoxy groups -OCH3 is 1. The van der Waals surface area contributed by atoms with Crippen LogP contribution in [0.4, 0.5) is 11.6 Å². The maximum absolute atomic E-state index is 5.94. The number of hydrogen-bond donors (Lipinski definition) is 1.